The molecule has 0 aliphatic carbocycles. The van der Waals surface area contributed by atoms with Crippen molar-refractivity contribution in [1.29, 1.82) is 0 Å². The summed E-state index contributed by atoms with van der Waals surface area (Å²) < 4.78 is 14.9. The van der Waals surface area contributed by atoms with Gasteiger partial charge in [-0.1, -0.05) is 29.8 Å². The van der Waals surface area contributed by atoms with Crippen LogP contribution in [0.5, 0.6) is 0 Å². The second-order valence-electron chi connectivity index (χ2n) is 4.56. The highest BCUT2D eigenvalue weighted by Crippen LogP contribution is 2.19. The van der Waals surface area contributed by atoms with Crippen molar-refractivity contribution in [2.75, 3.05) is 0 Å². The molecular formula is C15H15ClFN3O. The first kappa shape index (κ1) is 15.3. The average Bonchev–Trinajstić information content (AvgIpc) is 2.69. The predicted octanol–water partition coefficient (Wildman–Crippen LogP) is 2.85. The Morgan fingerprint density at radius 2 is 2.19 bits per heavy atom. The van der Waals surface area contributed by atoms with E-state index in [0.717, 1.165) is 5.69 Å². The molecule has 1 amide bonds. The summed E-state index contributed by atoms with van der Waals surface area (Å²) in [6.45, 7) is 1.94. The summed E-state index contributed by atoms with van der Waals surface area (Å²) in [4.78, 5) is 11.7. The monoisotopic (exact) mass is 307 g/mol. The molecule has 2 aromatic rings. The van der Waals surface area contributed by atoms with Crippen LogP contribution in [0.1, 0.15) is 16.8 Å². The van der Waals surface area contributed by atoms with Crippen LogP contribution >= 0.6 is 11.6 Å². The Labute approximate surface area is 127 Å². The fourth-order valence-corrected chi connectivity index (χ4v) is 2.12. The number of rotatable bonds is 4. The van der Waals surface area contributed by atoms with Crippen molar-refractivity contribution >= 4 is 23.6 Å². The van der Waals surface area contributed by atoms with Crippen LogP contribution in [0.25, 0.3) is 6.08 Å². The number of aromatic nitrogens is 2. The van der Waals surface area contributed by atoms with Crippen LogP contribution in [0.3, 0.4) is 0 Å². The normalized spacial score (nSPS) is 11.0. The van der Waals surface area contributed by atoms with Gasteiger partial charge in [0.15, 0.2) is 0 Å². The lowest BCUT2D eigenvalue weighted by molar-refractivity contribution is -0.116. The van der Waals surface area contributed by atoms with Crippen LogP contribution in [0.15, 0.2) is 30.3 Å². The van der Waals surface area contributed by atoms with Crippen molar-refractivity contribution in [1.82, 2.24) is 15.1 Å². The molecule has 0 spiro atoms. The number of amides is 1. The van der Waals surface area contributed by atoms with Crippen molar-refractivity contribution in [2.24, 2.45) is 7.05 Å². The Morgan fingerprint density at radius 3 is 2.81 bits per heavy atom. The first-order valence-corrected chi connectivity index (χ1v) is 6.75. The Balaban J connectivity index is 1.99. The van der Waals surface area contributed by atoms with Crippen LogP contribution in [-0.2, 0) is 18.4 Å². The van der Waals surface area contributed by atoms with Crippen LogP contribution < -0.4 is 5.32 Å². The first-order chi connectivity index (χ1) is 9.99. The molecule has 0 saturated carbocycles. The third-order valence-electron chi connectivity index (χ3n) is 3.01. The van der Waals surface area contributed by atoms with E-state index in [1.54, 1.807) is 31.3 Å². The van der Waals surface area contributed by atoms with Gasteiger partial charge in [0.05, 0.1) is 5.69 Å². The molecule has 0 unspecified atom stereocenters. The number of hydrogen-bond donors (Lipinski definition) is 1. The van der Waals surface area contributed by atoms with Gasteiger partial charge in [0.1, 0.15) is 11.0 Å². The van der Waals surface area contributed by atoms with E-state index < -0.39 is 0 Å². The quantitative estimate of drug-likeness (QED) is 0.883. The molecule has 1 aromatic heterocycles. The zero-order valence-electron chi connectivity index (χ0n) is 11.7. The van der Waals surface area contributed by atoms with E-state index in [2.05, 4.69) is 10.4 Å². The number of carbonyl (C=O) groups is 1. The highest BCUT2D eigenvalue weighted by molar-refractivity contribution is 6.31. The molecule has 0 bridgehead atoms. The largest absolute Gasteiger partial charge is 0.348 e. The lowest BCUT2D eigenvalue weighted by Gasteiger charge is -2.03. The Morgan fingerprint density at radius 1 is 1.48 bits per heavy atom. The van der Waals surface area contributed by atoms with E-state index in [1.807, 2.05) is 6.92 Å². The fraction of sp³-hybridized carbons (Fsp3) is 0.200. The van der Waals surface area contributed by atoms with Gasteiger partial charge < -0.3 is 5.32 Å². The number of hydrogen-bond acceptors (Lipinski definition) is 2. The van der Waals surface area contributed by atoms with Gasteiger partial charge in [-0.15, -0.1) is 0 Å². The molecule has 1 heterocycles. The van der Waals surface area contributed by atoms with Gasteiger partial charge in [0, 0.05) is 30.8 Å². The highest BCUT2D eigenvalue weighted by atomic mass is 35.5. The van der Waals surface area contributed by atoms with Gasteiger partial charge in [-0.05, 0) is 19.1 Å². The summed E-state index contributed by atoms with van der Waals surface area (Å²) >= 11 is 6.06. The Bertz CT molecular complexity index is 694. The summed E-state index contributed by atoms with van der Waals surface area (Å²) in [5.74, 6) is -0.662. The minimum Gasteiger partial charge on any atom is -0.348 e. The first-order valence-electron chi connectivity index (χ1n) is 6.37. The van der Waals surface area contributed by atoms with E-state index in [9.17, 15) is 9.18 Å². The molecule has 21 heavy (non-hydrogen) atoms. The molecule has 0 aliphatic heterocycles. The highest BCUT2D eigenvalue weighted by Gasteiger charge is 2.08. The van der Waals surface area contributed by atoms with Crippen LogP contribution in [0.2, 0.25) is 5.15 Å². The second-order valence-corrected chi connectivity index (χ2v) is 4.91. The van der Waals surface area contributed by atoms with Crippen molar-refractivity contribution in [3.05, 3.63) is 58.1 Å². The number of nitrogens with zero attached hydrogens (tertiary/aromatic N) is 2. The Hall–Kier alpha value is -2.14. The molecule has 0 atom stereocenters. The van der Waals surface area contributed by atoms with Gasteiger partial charge in [0.2, 0.25) is 5.91 Å². The topological polar surface area (TPSA) is 46.9 Å². The number of aryl methyl sites for hydroxylation is 2. The summed E-state index contributed by atoms with van der Waals surface area (Å²) in [5.41, 5.74) is 1.87. The molecule has 0 fully saturated rings. The summed E-state index contributed by atoms with van der Waals surface area (Å²) in [6, 6.07) is 6.31. The molecular weight excluding hydrogens is 293 g/mol. The Kier molecular flexibility index (Phi) is 4.75. The molecule has 1 aromatic carbocycles. The smallest absolute Gasteiger partial charge is 0.244 e. The SMILES string of the molecule is Cc1nn(C)c(Cl)c1/C=C/C(=O)NCc1ccccc1F. The maximum Gasteiger partial charge on any atom is 0.244 e. The second kappa shape index (κ2) is 6.54. The number of benzene rings is 1. The summed E-state index contributed by atoms with van der Waals surface area (Å²) in [7, 11) is 1.73. The molecule has 0 saturated heterocycles. The average molecular weight is 308 g/mol. The molecule has 2 rings (SSSR count). The molecule has 6 heteroatoms. The minimum atomic E-state index is -0.340. The zero-order chi connectivity index (χ0) is 15.4. The van der Waals surface area contributed by atoms with E-state index in [-0.39, 0.29) is 18.3 Å². The van der Waals surface area contributed by atoms with Crippen LogP contribution in [0, 0.1) is 12.7 Å². The van der Waals surface area contributed by atoms with Gasteiger partial charge in [-0.2, -0.15) is 5.10 Å². The maximum absolute atomic E-state index is 13.4. The zero-order valence-corrected chi connectivity index (χ0v) is 12.5. The van der Waals surface area contributed by atoms with E-state index in [0.29, 0.717) is 16.3 Å². The van der Waals surface area contributed by atoms with Crippen LogP contribution in [-0.4, -0.2) is 15.7 Å². The van der Waals surface area contributed by atoms with Gasteiger partial charge in [0.25, 0.3) is 0 Å². The third kappa shape index (κ3) is 3.70. The number of carbonyl (C=O) groups excluding carboxylic acids is 1. The molecule has 0 radical (unpaired) electrons. The molecule has 0 aliphatic rings. The summed E-state index contributed by atoms with van der Waals surface area (Å²) in [5, 5.41) is 7.23. The summed E-state index contributed by atoms with van der Waals surface area (Å²) in [6.07, 6.45) is 2.96. The van der Waals surface area contributed by atoms with Crippen molar-refractivity contribution < 1.29 is 9.18 Å². The lowest BCUT2D eigenvalue weighted by Crippen LogP contribution is -2.20. The maximum atomic E-state index is 13.4. The molecule has 4 nitrogen and oxygen atoms in total. The third-order valence-corrected chi connectivity index (χ3v) is 3.46. The number of nitrogens with one attached hydrogen (secondary N) is 1. The van der Waals surface area contributed by atoms with E-state index >= 15 is 0 Å². The molecule has 1 N–H and O–H groups in total. The van der Waals surface area contributed by atoms with Gasteiger partial charge in [-0.25, -0.2) is 4.39 Å². The molecule has 110 valence electrons. The minimum absolute atomic E-state index is 0.135. The predicted molar refractivity (Wildman–Crippen MR) is 80.2 cm³/mol. The standard InChI is InChI=1S/C15H15ClFN3O/c1-10-12(15(16)20(2)19-10)7-8-14(21)18-9-11-5-3-4-6-13(11)17/h3-8H,9H2,1-2H3,(H,18,21)/b8-7+. The van der Waals surface area contributed by atoms with E-state index in [4.69, 9.17) is 11.6 Å². The van der Waals surface area contributed by atoms with Crippen molar-refractivity contribution in [2.45, 2.75) is 13.5 Å². The van der Waals surface area contributed by atoms with Crippen molar-refractivity contribution in [3.8, 4) is 0 Å². The van der Waals surface area contributed by atoms with Gasteiger partial charge >= 0.3 is 0 Å². The van der Waals surface area contributed by atoms with Crippen LogP contribution in [0.4, 0.5) is 4.39 Å². The van der Waals surface area contributed by atoms with Crippen molar-refractivity contribution in [3.63, 3.8) is 0 Å². The lowest BCUT2D eigenvalue weighted by atomic mass is 10.2. The number of halogens is 2. The fourth-order valence-electron chi connectivity index (χ4n) is 1.88. The van der Waals surface area contributed by atoms with Gasteiger partial charge in [-0.3, -0.25) is 9.48 Å². The van der Waals surface area contributed by atoms with E-state index in [1.165, 1.54) is 16.8 Å².